The minimum Gasteiger partial charge on any atom is -0.495 e. The highest BCUT2D eigenvalue weighted by atomic mass is 32.1. The van der Waals surface area contributed by atoms with Crippen LogP contribution in [0.3, 0.4) is 0 Å². The molecule has 0 aliphatic rings. The van der Waals surface area contributed by atoms with Crippen LogP contribution in [0.15, 0.2) is 59.3 Å². The SMILES string of the molecule is COc1cc(/C=C/c2cc(-c3cccs3)sc2-c2cccs2)ccc1N. The summed E-state index contributed by atoms with van der Waals surface area (Å²) in [6, 6.07) is 16.7. The molecule has 0 unspecified atom stereocenters. The number of hydrogen-bond acceptors (Lipinski definition) is 5. The van der Waals surface area contributed by atoms with Gasteiger partial charge in [-0.2, -0.15) is 0 Å². The molecule has 5 heteroatoms. The van der Waals surface area contributed by atoms with Gasteiger partial charge < -0.3 is 10.5 Å². The first kappa shape index (κ1) is 17.1. The lowest BCUT2D eigenvalue weighted by atomic mass is 10.1. The molecule has 1 aromatic carbocycles. The summed E-state index contributed by atoms with van der Waals surface area (Å²) in [5, 5.41) is 4.24. The fourth-order valence-corrected chi connectivity index (χ4v) is 5.54. The van der Waals surface area contributed by atoms with Crippen molar-refractivity contribution in [3.8, 4) is 25.3 Å². The molecule has 0 saturated carbocycles. The van der Waals surface area contributed by atoms with Crippen molar-refractivity contribution in [2.75, 3.05) is 12.8 Å². The molecule has 0 atom stereocenters. The Balaban J connectivity index is 1.73. The first-order chi connectivity index (χ1) is 12.7. The van der Waals surface area contributed by atoms with Crippen molar-refractivity contribution in [3.63, 3.8) is 0 Å². The van der Waals surface area contributed by atoms with E-state index < -0.39 is 0 Å². The highest BCUT2D eigenvalue weighted by Crippen LogP contribution is 2.42. The number of nitrogen functional groups attached to an aromatic ring is 1. The lowest BCUT2D eigenvalue weighted by Crippen LogP contribution is -1.91. The molecule has 3 heterocycles. The Hall–Kier alpha value is -2.34. The van der Waals surface area contributed by atoms with Crippen molar-refractivity contribution < 1.29 is 4.74 Å². The topological polar surface area (TPSA) is 35.2 Å². The molecule has 2 N–H and O–H groups in total. The van der Waals surface area contributed by atoms with Gasteiger partial charge in [-0.25, -0.2) is 0 Å². The maximum Gasteiger partial charge on any atom is 0.142 e. The molecule has 0 aliphatic heterocycles. The lowest BCUT2D eigenvalue weighted by molar-refractivity contribution is 0.417. The number of thiophene rings is 3. The van der Waals surface area contributed by atoms with Crippen LogP contribution in [0, 0.1) is 0 Å². The maximum atomic E-state index is 5.91. The van der Waals surface area contributed by atoms with Gasteiger partial charge in [0.05, 0.1) is 17.7 Å². The Morgan fingerprint density at radius 3 is 2.35 bits per heavy atom. The molecular formula is C21H17NOS3. The van der Waals surface area contributed by atoms with Crippen molar-refractivity contribution in [3.05, 3.63) is 70.4 Å². The van der Waals surface area contributed by atoms with Gasteiger partial charge in [0.2, 0.25) is 0 Å². The summed E-state index contributed by atoms with van der Waals surface area (Å²) >= 11 is 5.39. The van der Waals surface area contributed by atoms with E-state index in [2.05, 4.69) is 53.2 Å². The van der Waals surface area contributed by atoms with Crippen molar-refractivity contribution >= 4 is 51.8 Å². The third-order valence-corrected chi connectivity index (χ3v) is 7.25. The summed E-state index contributed by atoms with van der Waals surface area (Å²) in [5.41, 5.74) is 8.86. The van der Waals surface area contributed by atoms with E-state index in [0.29, 0.717) is 11.4 Å². The molecule has 3 aromatic heterocycles. The molecular weight excluding hydrogens is 378 g/mol. The molecule has 4 aromatic rings. The van der Waals surface area contributed by atoms with Gasteiger partial charge in [-0.1, -0.05) is 30.4 Å². The zero-order valence-electron chi connectivity index (χ0n) is 14.1. The average molecular weight is 396 g/mol. The van der Waals surface area contributed by atoms with Crippen LogP contribution in [0.2, 0.25) is 0 Å². The number of anilines is 1. The lowest BCUT2D eigenvalue weighted by Gasteiger charge is -2.04. The first-order valence-electron chi connectivity index (χ1n) is 8.08. The number of ether oxygens (including phenoxy) is 1. The summed E-state index contributed by atoms with van der Waals surface area (Å²) in [7, 11) is 1.64. The van der Waals surface area contributed by atoms with Gasteiger partial charge in [0, 0.05) is 14.6 Å². The zero-order chi connectivity index (χ0) is 17.9. The minimum absolute atomic E-state index is 0.652. The highest BCUT2D eigenvalue weighted by Gasteiger charge is 2.12. The fraction of sp³-hybridized carbons (Fsp3) is 0.0476. The quantitative estimate of drug-likeness (QED) is 0.370. The third-order valence-electron chi connectivity index (χ3n) is 3.98. The Kier molecular flexibility index (Phi) is 4.93. The van der Waals surface area contributed by atoms with Crippen LogP contribution < -0.4 is 10.5 Å². The largest absolute Gasteiger partial charge is 0.495 e. The van der Waals surface area contributed by atoms with Crippen LogP contribution in [-0.2, 0) is 0 Å². The minimum atomic E-state index is 0.652. The van der Waals surface area contributed by atoms with E-state index in [1.165, 1.54) is 25.1 Å². The molecule has 0 saturated heterocycles. The number of nitrogens with two attached hydrogens (primary N) is 1. The maximum absolute atomic E-state index is 5.91. The summed E-state index contributed by atoms with van der Waals surface area (Å²) in [6.07, 6.45) is 4.28. The molecule has 0 aliphatic carbocycles. The molecule has 0 spiro atoms. The molecule has 2 nitrogen and oxygen atoms in total. The number of hydrogen-bond donors (Lipinski definition) is 1. The van der Waals surface area contributed by atoms with Crippen LogP contribution in [-0.4, -0.2) is 7.11 Å². The molecule has 4 rings (SSSR count). The van der Waals surface area contributed by atoms with Gasteiger partial charge in [-0.15, -0.1) is 34.0 Å². The van der Waals surface area contributed by atoms with Crippen LogP contribution in [0.4, 0.5) is 5.69 Å². The second kappa shape index (κ2) is 7.50. The van der Waals surface area contributed by atoms with Crippen LogP contribution in [0.25, 0.3) is 31.7 Å². The second-order valence-corrected chi connectivity index (χ2v) is 8.63. The monoisotopic (exact) mass is 395 g/mol. The molecule has 0 bridgehead atoms. The Labute approximate surface area is 164 Å². The smallest absolute Gasteiger partial charge is 0.142 e. The average Bonchev–Trinajstić information content (AvgIpc) is 3.40. The Bertz CT molecular complexity index is 1030. The standard InChI is InChI=1S/C21H17NOS3/c1-23-17-12-14(7-9-16(17)22)6-8-15-13-20(18-4-2-10-24-18)26-21(15)19-5-3-11-25-19/h2-13H,22H2,1H3/b8-6+. The van der Waals surface area contributed by atoms with Crippen molar-refractivity contribution in [1.82, 2.24) is 0 Å². The fourth-order valence-electron chi connectivity index (χ4n) is 2.69. The van der Waals surface area contributed by atoms with E-state index in [1.54, 1.807) is 29.8 Å². The second-order valence-electron chi connectivity index (χ2n) is 5.68. The van der Waals surface area contributed by atoms with Crippen molar-refractivity contribution in [1.29, 1.82) is 0 Å². The summed E-state index contributed by atoms with van der Waals surface area (Å²) < 4.78 is 5.32. The molecule has 0 amide bonds. The van der Waals surface area contributed by atoms with Crippen LogP contribution >= 0.6 is 34.0 Å². The van der Waals surface area contributed by atoms with Crippen molar-refractivity contribution in [2.45, 2.75) is 0 Å². The van der Waals surface area contributed by atoms with E-state index >= 15 is 0 Å². The number of rotatable bonds is 5. The molecule has 26 heavy (non-hydrogen) atoms. The van der Waals surface area contributed by atoms with Gasteiger partial charge in [-0.05, 0) is 52.2 Å². The van der Waals surface area contributed by atoms with E-state index in [-0.39, 0.29) is 0 Å². The van der Waals surface area contributed by atoms with E-state index in [1.807, 2.05) is 29.5 Å². The summed E-state index contributed by atoms with van der Waals surface area (Å²) in [4.78, 5) is 5.22. The van der Waals surface area contributed by atoms with E-state index in [4.69, 9.17) is 10.5 Å². The van der Waals surface area contributed by atoms with E-state index in [0.717, 1.165) is 5.56 Å². The normalized spacial score (nSPS) is 11.3. The van der Waals surface area contributed by atoms with Crippen LogP contribution in [0.1, 0.15) is 11.1 Å². The summed E-state index contributed by atoms with van der Waals surface area (Å²) in [5.74, 6) is 0.704. The summed E-state index contributed by atoms with van der Waals surface area (Å²) in [6.45, 7) is 0. The van der Waals surface area contributed by atoms with Crippen molar-refractivity contribution in [2.24, 2.45) is 0 Å². The Morgan fingerprint density at radius 2 is 1.65 bits per heavy atom. The molecule has 0 fully saturated rings. The van der Waals surface area contributed by atoms with Gasteiger partial charge in [0.1, 0.15) is 5.75 Å². The first-order valence-corrected chi connectivity index (χ1v) is 10.7. The third kappa shape index (κ3) is 3.46. The Morgan fingerprint density at radius 1 is 0.885 bits per heavy atom. The van der Waals surface area contributed by atoms with Gasteiger partial charge in [0.25, 0.3) is 0 Å². The predicted octanol–water partition coefficient (Wildman–Crippen LogP) is 6.97. The highest BCUT2D eigenvalue weighted by molar-refractivity contribution is 7.26. The van der Waals surface area contributed by atoms with Crippen LogP contribution in [0.5, 0.6) is 5.75 Å². The molecule has 130 valence electrons. The zero-order valence-corrected chi connectivity index (χ0v) is 16.6. The number of methoxy groups -OCH3 is 1. The predicted molar refractivity (Wildman–Crippen MR) is 117 cm³/mol. The van der Waals surface area contributed by atoms with E-state index in [9.17, 15) is 0 Å². The molecule has 0 radical (unpaired) electrons. The number of benzene rings is 1. The van der Waals surface area contributed by atoms with Gasteiger partial charge >= 0.3 is 0 Å². The van der Waals surface area contributed by atoms with Gasteiger partial charge in [-0.3, -0.25) is 0 Å². The van der Waals surface area contributed by atoms with Gasteiger partial charge in [0.15, 0.2) is 0 Å².